The van der Waals surface area contributed by atoms with E-state index in [0.717, 1.165) is 10.9 Å². The zero-order chi connectivity index (χ0) is 21.1. The molecule has 0 N–H and O–H groups in total. The molecule has 8 nitrogen and oxygen atoms in total. The third-order valence-corrected chi connectivity index (χ3v) is 4.88. The van der Waals surface area contributed by atoms with Gasteiger partial charge in [-0.15, -0.1) is 10.2 Å². The van der Waals surface area contributed by atoms with E-state index in [-0.39, 0.29) is 24.9 Å². The molecule has 1 aromatic carbocycles. The lowest BCUT2D eigenvalue weighted by Crippen LogP contribution is -2.38. The summed E-state index contributed by atoms with van der Waals surface area (Å²) in [4.78, 5) is 27.2. The van der Waals surface area contributed by atoms with Gasteiger partial charge in [0.05, 0.1) is 25.6 Å². The minimum atomic E-state index is -0.522. The maximum absolute atomic E-state index is 13.0. The summed E-state index contributed by atoms with van der Waals surface area (Å²) in [7, 11) is 1.55. The highest BCUT2D eigenvalue weighted by molar-refractivity contribution is 5.85. The summed E-state index contributed by atoms with van der Waals surface area (Å²) in [6, 6.07) is 5.18. The van der Waals surface area contributed by atoms with Gasteiger partial charge in [0.25, 0.3) is 0 Å². The molecule has 0 unspecified atom stereocenters. The van der Waals surface area contributed by atoms with E-state index in [2.05, 4.69) is 10.2 Å². The van der Waals surface area contributed by atoms with Crippen LogP contribution < -0.4 is 10.4 Å². The van der Waals surface area contributed by atoms with E-state index in [4.69, 9.17) is 13.6 Å². The number of benzene rings is 1. The Labute approximate surface area is 168 Å². The number of methoxy groups -OCH3 is 1. The Morgan fingerprint density at radius 2 is 1.93 bits per heavy atom. The predicted molar refractivity (Wildman–Crippen MR) is 107 cm³/mol. The van der Waals surface area contributed by atoms with Crippen LogP contribution in [0.1, 0.15) is 43.7 Å². The number of aromatic nitrogens is 2. The van der Waals surface area contributed by atoms with E-state index in [1.54, 1.807) is 24.1 Å². The fourth-order valence-electron chi connectivity index (χ4n) is 3.16. The summed E-state index contributed by atoms with van der Waals surface area (Å²) in [5.74, 6) is 1.29. The number of fused-ring (bicyclic) bond motifs is 1. The maximum atomic E-state index is 13.0. The Bertz CT molecular complexity index is 1080. The molecular formula is C21H25N3O5. The number of carbonyl (C=O) groups excluding carboxylic acids is 1. The van der Waals surface area contributed by atoms with Crippen molar-refractivity contribution in [1.29, 1.82) is 0 Å². The van der Waals surface area contributed by atoms with Crippen molar-refractivity contribution in [3.63, 3.8) is 0 Å². The van der Waals surface area contributed by atoms with Gasteiger partial charge in [0, 0.05) is 23.9 Å². The van der Waals surface area contributed by atoms with Crippen LogP contribution in [0, 0.1) is 6.92 Å². The second kappa shape index (κ2) is 8.46. The van der Waals surface area contributed by atoms with Gasteiger partial charge in [-0.3, -0.25) is 4.79 Å². The average molecular weight is 399 g/mol. The number of nitrogens with zero attached hydrogens (tertiary/aromatic N) is 3. The van der Waals surface area contributed by atoms with Crippen molar-refractivity contribution >= 4 is 16.9 Å². The van der Waals surface area contributed by atoms with Gasteiger partial charge in [0.15, 0.2) is 0 Å². The number of aryl methyl sites for hydroxylation is 2. The number of ether oxygens (including phenoxy) is 1. The third kappa shape index (κ3) is 4.31. The number of amides is 1. The van der Waals surface area contributed by atoms with Crippen LogP contribution in [0.5, 0.6) is 5.75 Å². The van der Waals surface area contributed by atoms with Crippen molar-refractivity contribution < 1.29 is 18.4 Å². The number of hydrogen-bond acceptors (Lipinski definition) is 7. The zero-order valence-electron chi connectivity index (χ0n) is 17.3. The summed E-state index contributed by atoms with van der Waals surface area (Å²) >= 11 is 0. The van der Waals surface area contributed by atoms with Gasteiger partial charge in [-0.05, 0) is 38.5 Å². The summed E-state index contributed by atoms with van der Waals surface area (Å²) < 4.78 is 16.2. The Balaban J connectivity index is 1.89. The van der Waals surface area contributed by atoms with Crippen LogP contribution >= 0.6 is 0 Å². The van der Waals surface area contributed by atoms with Crippen LogP contribution in [0.2, 0.25) is 0 Å². The average Bonchev–Trinajstić information content (AvgIpc) is 3.16. The van der Waals surface area contributed by atoms with E-state index >= 15 is 0 Å². The van der Waals surface area contributed by atoms with Crippen LogP contribution in [-0.2, 0) is 24.2 Å². The standard InChI is InChI=1S/C21H25N3O5/c1-6-18-22-23-19(29-18)11-24(12(2)3)20(25)10-16-13(4)15-8-7-14(27-5)9-17(15)28-21(16)26/h7-9,12H,6,10-11H2,1-5H3. The largest absolute Gasteiger partial charge is 0.497 e. The van der Waals surface area contributed by atoms with Crippen LogP contribution in [0.15, 0.2) is 31.8 Å². The Morgan fingerprint density at radius 1 is 1.21 bits per heavy atom. The maximum Gasteiger partial charge on any atom is 0.340 e. The monoisotopic (exact) mass is 399 g/mol. The molecular weight excluding hydrogens is 374 g/mol. The predicted octanol–water partition coefficient (Wildman–Crippen LogP) is 3.04. The van der Waals surface area contributed by atoms with E-state index in [1.165, 1.54) is 0 Å². The molecule has 1 amide bonds. The molecule has 0 radical (unpaired) electrons. The molecule has 0 saturated heterocycles. The van der Waals surface area contributed by atoms with Crippen LogP contribution in [0.4, 0.5) is 0 Å². The zero-order valence-corrected chi connectivity index (χ0v) is 17.3. The summed E-state index contributed by atoms with van der Waals surface area (Å²) in [5.41, 5.74) is 0.980. The molecule has 154 valence electrons. The van der Waals surface area contributed by atoms with E-state index in [0.29, 0.717) is 35.1 Å². The molecule has 0 atom stereocenters. The van der Waals surface area contributed by atoms with Crippen LogP contribution in [-0.4, -0.2) is 34.2 Å². The Morgan fingerprint density at radius 3 is 2.55 bits per heavy atom. The Hall–Kier alpha value is -3.16. The molecule has 0 bridgehead atoms. The first-order valence-corrected chi connectivity index (χ1v) is 9.55. The fraction of sp³-hybridized carbons (Fsp3) is 0.429. The molecule has 2 aromatic heterocycles. The number of hydrogen-bond donors (Lipinski definition) is 0. The minimum Gasteiger partial charge on any atom is -0.497 e. The molecule has 0 aliphatic carbocycles. The fourth-order valence-corrected chi connectivity index (χ4v) is 3.16. The van der Waals surface area contributed by atoms with Crippen molar-refractivity contribution in [3.8, 4) is 5.75 Å². The van der Waals surface area contributed by atoms with Gasteiger partial charge < -0.3 is 18.5 Å². The second-order valence-corrected chi connectivity index (χ2v) is 7.09. The first-order valence-electron chi connectivity index (χ1n) is 9.55. The molecule has 0 spiro atoms. The highest BCUT2D eigenvalue weighted by Gasteiger charge is 2.23. The van der Waals surface area contributed by atoms with Gasteiger partial charge in [0.1, 0.15) is 11.3 Å². The van der Waals surface area contributed by atoms with Crippen molar-refractivity contribution in [3.05, 3.63) is 51.5 Å². The molecule has 0 saturated carbocycles. The second-order valence-electron chi connectivity index (χ2n) is 7.09. The van der Waals surface area contributed by atoms with Gasteiger partial charge >= 0.3 is 5.63 Å². The summed E-state index contributed by atoms with van der Waals surface area (Å²) in [5, 5.41) is 8.70. The molecule has 3 aromatic rings. The summed E-state index contributed by atoms with van der Waals surface area (Å²) in [6.07, 6.45) is 0.563. The van der Waals surface area contributed by atoms with Gasteiger partial charge in [-0.2, -0.15) is 0 Å². The summed E-state index contributed by atoms with van der Waals surface area (Å²) in [6.45, 7) is 7.73. The first kappa shape index (κ1) is 20.6. The van der Waals surface area contributed by atoms with E-state index in [9.17, 15) is 9.59 Å². The lowest BCUT2D eigenvalue weighted by Gasteiger charge is -2.25. The topological polar surface area (TPSA) is 98.7 Å². The highest BCUT2D eigenvalue weighted by Crippen LogP contribution is 2.24. The SMILES string of the molecule is CCc1nnc(CN(C(=O)Cc2c(C)c3ccc(OC)cc3oc2=O)C(C)C)o1. The third-order valence-electron chi connectivity index (χ3n) is 4.88. The van der Waals surface area contributed by atoms with Crippen molar-refractivity contribution in [2.24, 2.45) is 0 Å². The molecule has 0 aliphatic rings. The van der Waals surface area contributed by atoms with Crippen LogP contribution in [0.3, 0.4) is 0 Å². The molecule has 29 heavy (non-hydrogen) atoms. The normalized spacial score (nSPS) is 11.2. The van der Waals surface area contributed by atoms with Crippen molar-refractivity contribution in [1.82, 2.24) is 15.1 Å². The van der Waals surface area contributed by atoms with E-state index < -0.39 is 5.63 Å². The lowest BCUT2D eigenvalue weighted by atomic mass is 10.0. The van der Waals surface area contributed by atoms with E-state index in [1.807, 2.05) is 33.8 Å². The van der Waals surface area contributed by atoms with Crippen LogP contribution in [0.25, 0.3) is 11.0 Å². The van der Waals surface area contributed by atoms with Gasteiger partial charge in [0.2, 0.25) is 17.7 Å². The molecule has 0 aliphatic heterocycles. The van der Waals surface area contributed by atoms with Crippen molar-refractivity contribution in [2.75, 3.05) is 7.11 Å². The lowest BCUT2D eigenvalue weighted by molar-refractivity contribution is -0.133. The van der Waals surface area contributed by atoms with Gasteiger partial charge in [-0.25, -0.2) is 4.79 Å². The van der Waals surface area contributed by atoms with Crippen molar-refractivity contribution in [2.45, 2.75) is 53.1 Å². The molecule has 3 rings (SSSR count). The Kier molecular flexibility index (Phi) is 6.00. The first-order chi connectivity index (χ1) is 13.8. The molecule has 0 fully saturated rings. The van der Waals surface area contributed by atoms with Gasteiger partial charge in [-0.1, -0.05) is 6.92 Å². The quantitative estimate of drug-likeness (QED) is 0.563. The molecule has 2 heterocycles. The smallest absolute Gasteiger partial charge is 0.340 e. The number of rotatable bonds is 7. The molecule has 8 heteroatoms. The number of carbonyl (C=O) groups is 1. The minimum absolute atomic E-state index is 0.0664. The highest BCUT2D eigenvalue weighted by atomic mass is 16.5.